The van der Waals surface area contributed by atoms with Gasteiger partial charge in [-0.3, -0.25) is 14.4 Å². The van der Waals surface area contributed by atoms with Crippen LogP contribution in [0.4, 0.5) is 0 Å². The fourth-order valence-electron chi connectivity index (χ4n) is 5.57. The Labute approximate surface area is 184 Å². The zero-order chi connectivity index (χ0) is 22.8. The molecular weight excluding hydrogens is 398 g/mol. The predicted molar refractivity (Wildman–Crippen MR) is 116 cm³/mol. The summed E-state index contributed by atoms with van der Waals surface area (Å²) in [5.41, 5.74) is -1.02. The first kappa shape index (κ1) is 23.5. The number of likely N-dealkylation sites (N-methyl/N-ethyl adjacent to an activating group) is 1. The molecule has 8 nitrogen and oxygen atoms in total. The van der Waals surface area contributed by atoms with Crippen LogP contribution in [0.3, 0.4) is 0 Å². The van der Waals surface area contributed by atoms with Crippen molar-refractivity contribution in [2.24, 2.45) is 11.8 Å². The first-order valence-corrected chi connectivity index (χ1v) is 11.2. The number of likely N-dealkylation sites (tertiary alicyclic amines) is 1. The molecule has 5 atom stereocenters. The lowest BCUT2D eigenvalue weighted by atomic mass is 9.70. The van der Waals surface area contributed by atoms with Gasteiger partial charge < -0.3 is 24.5 Å². The zero-order valence-corrected chi connectivity index (χ0v) is 18.7. The number of aliphatic hydroxyl groups is 1. The van der Waals surface area contributed by atoms with Crippen molar-refractivity contribution in [3.05, 3.63) is 25.3 Å². The minimum atomic E-state index is -1.02. The topological polar surface area (TPSA) is 90.4 Å². The van der Waals surface area contributed by atoms with Crippen molar-refractivity contribution < 1.29 is 24.2 Å². The second-order valence-corrected chi connectivity index (χ2v) is 8.75. The van der Waals surface area contributed by atoms with E-state index in [1.165, 1.54) is 4.90 Å². The Morgan fingerprint density at radius 3 is 2.61 bits per heavy atom. The molecule has 8 heteroatoms. The third-order valence-electron chi connectivity index (χ3n) is 6.88. The third-order valence-corrected chi connectivity index (χ3v) is 6.88. The molecule has 3 amide bonds. The van der Waals surface area contributed by atoms with Crippen LogP contribution in [0.2, 0.25) is 0 Å². The third kappa shape index (κ3) is 3.80. The molecule has 3 aliphatic rings. The van der Waals surface area contributed by atoms with Gasteiger partial charge in [-0.05, 0) is 19.3 Å². The molecule has 2 unspecified atom stereocenters. The van der Waals surface area contributed by atoms with E-state index in [-0.39, 0.29) is 37.0 Å². The summed E-state index contributed by atoms with van der Waals surface area (Å²) in [6, 6.07) is -0.832. The van der Waals surface area contributed by atoms with Crippen LogP contribution in [0.25, 0.3) is 0 Å². The molecule has 31 heavy (non-hydrogen) atoms. The van der Waals surface area contributed by atoms with Gasteiger partial charge in [-0.1, -0.05) is 25.5 Å². The summed E-state index contributed by atoms with van der Waals surface area (Å²) in [7, 11) is 1.69. The van der Waals surface area contributed by atoms with E-state index in [1.807, 2.05) is 0 Å². The fraction of sp³-hybridized carbons (Fsp3) is 0.696. The molecule has 3 aliphatic heterocycles. The van der Waals surface area contributed by atoms with E-state index in [9.17, 15) is 19.5 Å². The SMILES string of the molecule is C=CCN(C)C(=O)[C@@H]1[C@H]2C(=O)N(CCO)C(C(=O)N(CC=C)CCCC)C23CC[C@H]1O3. The molecule has 0 aromatic heterocycles. The second-order valence-electron chi connectivity index (χ2n) is 8.75. The summed E-state index contributed by atoms with van der Waals surface area (Å²) >= 11 is 0. The van der Waals surface area contributed by atoms with E-state index in [2.05, 4.69) is 20.1 Å². The maximum absolute atomic E-state index is 13.7. The van der Waals surface area contributed by atoms with E-state index >= 15 is 0 Å². The van der Waals surface area contributed by atoms with E-state index < -0.39 is 23.5 Å². The average molecular weight is 434 g/mol. The largest absolute Gasteiger partial charge is 0.395 e. The van der Waals surface area contributed by atoms with Crippen molar-refractivity contribution in [1.82, 2.24) is 14.7 Å². The quantitative estimate of drug-likeness (QED) is 0.487. The molecule has 0 aliphatic carbocycles. The Hall–Kier alpha value is -2.19. The van der Waals surface area contributed by atoms with E-state index in [4.69, 9.17) is 4.74 Å². The summed E-state index contributed by atoms with van der Waals surface area (Å²) in [5.74, 6) is -1.94. The number of amides is 3. The minimum Gasteiger partial charge on any atom is -0.395 e. The van der Waals surface area contributed by atoms with Gasteiger partial charge in [0.05, 0.1) is 24.5 Å². The maximum Gasteiger partial charge on any atom is 0.248 e. The number of fused-ring (bicyclic) bond motifs is 1. The number of aliphatic hydroxyl groups excluding tert-OH is 1. The standard InChI is InChI=1S/C23H35N3O5/c1-5-8-13-25(12-7-3)22(30)19-23-10-9-16(31-23)17(20(28)24(4)11-6-2)18(23)21(29)26(19)14-15-27/h6-7,16-19,27H,2-3,5,8-15H2,1,4H3/t16-,17+,18+,19?,23?/m1/s1. The van der Waals surface area contributed by atoms with Crippen molar-refractivity contribution in [3.8, 4) is 0 Å². The highest BCUT2D eigenvalue weighted by molar-refractivity contribution is 5.99. The molecule has 0 aromatic rings. The lowest BCUT2D eigenvalue weighted by molar-refractivity contribution is -0.148. The summed E-state index contributed by atoms with van der Waals surface area (Å²) in [4.78, 5) is 45.2. The van der Waals surface area contributed by atoms with Crippen molar-refractivity contribution >= 4 is 17.7 Å². The molecule has 3 fully saturated rings. The van der Waals surface area contributed by atoms with Crippen LogP contribution in [0.1, 0.15) is 32.6 Å². The molecule has 0 aromatic carbocycles. The van der Waals surface area contributed by atoms with Gasteiger partial charge in [-0.15, -0.1) is 13.2 Å². The van der Waals surface area contributed by atoms with Crippen molar-refractivity contribution in [2.45, 2.75) is 50.4 Å². The van der Waals surface area contributed by atoms with Crippen LogP contribution in [-0.4, -0.2) is 95.1 Å². The van der Waals surface area contributed by atoms with Gasteiger partial charge in [0.15, 0.2) is 0 Å². The van der Waals surface area contributed by atoms with Gasteiger partial charge in [0, 0.05) is 33.2 Å². The Bertz CT molecular complexity index is 741. The van der Waals surface area contributed by atoms with Crippen LogP contribution in [-0.2, 0) is 19.1 Å². The minimum absolute atomic E-state index is 0.0423. The zero-order valence-electron chi connectivity index (χ0n) is 18.7. The predicted octanol–water partition coefficient (Wildman–Crippen LogP) is 0.812. The summed E-state index contributed by atoms with van der Waals surface area (Å²) in [5, 5.41) is 9.63. The normalized spacial score (nSPS) is 30.9. The molecule has 3 rings (SSSR count). The molecule has 172 valence electrons. The number of hydrogen-bond acceptors (Lipinski definition) is 5. The Kier molecular flexibility index (Phi) is 7.21. The number of nitrogens with zero attached hydrogens (tertiary/aromatic N) is 3. The smallest absolute Gasteiger partial charge is 0.248 e. The Morgan fingerprint density at radius 2 is 2.00 bits per heavy atom. The molecular formula is C23H35N3O5. The highest BCUT2D eigenvalue weighted by Gasteiger charge is 2.74. The number of hydrogen-bond donors (Lipinski definition) is 1. The number of carbonyl (C=O) groups is 3. The number of unbranched alkanes of at least 4 members (excludes halogenated alkanes) is 1. The van der Waals surface area contributed by atoms with E-state index in [0.29, 0.717) is 32.5 Å². The molecule has 1 spiro atoms. The Morgan fingerprint density at radius 1 is 1.29 bits per heavy atom. The van der Waals surface area contributed by atoms with Crippen LogP contribution < -0.4 is 0 Å². The molecule has 2 bridgehead atoms. The van der Waals surface area contributed by atoms with Crippen LogP contribution in [0, 0.1) is 11.8 Å². The van der Waals surface area contributed by atoms with Crippen LogP contribution in [0.15, 0.2) is 25.3 Å². The van der Waals surface area contributed by atoms with Gasteiger partial charge in [0.25, 0.3) is 0 Å². The highest BCUT2D eigenvalue weighted by Crippen LogP contribution is 2.58. The molecule has 1 N–H and O–H groups in total. The monoisotopic (exact) mass is 433 g/mol. The first-order chi connectivity index (χ1) is 14.9. The van der Waals surface area contributed by atoms with Gasteiger partial charge in [-0.2, -0.15) is 0 Å². The molecule has 3 heterocycles. The lowest BCUT2D eigenvalue weighted by Gasteiger charge is -2.36. The molecule has 0 radical (unpaired) electrons. The molecule has 0 saturated carbocycles. The second kappa shape index (κ2) is 9.53. The van der Waals surface area contributed by atoms with Gasteiger partial charge in [0.2, 0.25) is 17.7 Å². The van der Waals surface area contributed by atoms with Crippen molar-refractivity contribution in [1.29, 1.82) is 0 Å². The number of ether oxygens (including phenoxy) is 1. The maximum atomic E-state index is 13.7. The first-order valence-electron chi connectivity index (χ1n) is 11.2. The van der Waals surface area contributed by atoms with Crippen LogP contribution in [0.5, 0.6) is 0 Å². The highest BCUT2D eigenvalue weighted by atomic mass is 16.5. The fourth-order valence-corrected chi connectivity index (χ4v) is 5.57. The number of rotatable bonds is 11. The summed E-state index contributed by atoms with van der Waals surface area (Å²) < 4.78 is 6.37. The van der Waals surface area contributed by atoms with Crippen molar-refractivity contribution in [2.75, 3.05) is 39.8 Å². The average Bonchev–Trinajstić information content (AvgIpc) is 3.38. The van der Waals surface area contributed by atoms with Crippen molar-refractivity contribution in [3.63, 3.8) is 0 Å². The summed E-state index contributed by atoms with van der Waals surface area (Å²) in [6.45, 7) is 10.6. The number of carbonyl (C=O) groups excluding carboxylic acids is 3. The van der Waals surface area contributed by atoms with Gasteiger partial charge >= 0.3 is 0 Å². The van der Waals surface area contributed by atoms with Gasteiger partial charge in [0.1, 0.15) is 11.6 Å². The van der Waals surface area contributed by atoms with Crippen LogP contribution >= 0.6 is 0 Å². The van der Waals surface area contributed by atoms with E-state index in [1.54, 1.807) is 29.0 Å². The van der Waals surface area contributed by atoms with Gasteiger partial charge in [-0.25, -0.2) is 0 Å². The van der Waals surface area contributed by atoms with E-state index in [0.717, 1.165) is 12.8 Å². The number of β-amino-alcohol motifs (C(OH)–C–C–N with tert-alkyl or cyclic N) is 1. The lowest BCUT2D eigenvalue weighted by Crippen LogP contribution is -2.56. The summed E-state index contributed by atoms with van der Waals surface area (Å²) in [6.07, 6.45) is 5.91. The Balaban J connectivity index is 1.98. The molecule has 3 saturated heterocycles.